The van der Waals surface area contributed by atoms with Crippen LogP contribution < -0.4 is 10.5 Å². The van der Waals surface area contributed by atoms with E-state index in [-0.39, 0.29) is 11.3 Å². The van der Waals surface area contributed by atoms with Crippen LogP contribution in [0.4, 0.5) is 5.69 Å². The van der Waals surface area contributed by atoms with E-state index in [1.807, 2.05) is 0 Å². The lowest BCUT2D eigenvalue weighted by molar-refractivity contribution is 0.0598. The van der Waals surface area contributed by atoms with Crippen molar-refractivity contribution in [2.75, 3.05) is 12.8 Å². The molecule has 0 amide bonds. The Morgan fingerprint density at radius 1 is 1.16 bits per heavy atom. The molecule has 0 spiro atoms. The van der Waals surface area contributed by atoms with Crippen LogP contribution in [0.5, 0.6) is 11.5 Å². The van der Waals surface area contributed by atoms with E-state index < -0.39 is 5.97 Å². The molecule has 0 radical (unpaired) electrons. The Balaban J connectivity index is 2.38. The lowest BCUT2D eigenvalue weighted by Gasteiger charge is -2.12. The van der Waals surface area contributed by atoms with Gasteiger partial charge in [0.25, 0.3) is 0 Å². The first-order valence-corrected chi connectivity index (χ1v) is 5.90. The molecule has 0 bridgehead atoms. The second-order valence-electron chi connectivity index (χ2n) is 3.77. The Hall–Kier alpha value is -2.20. The number of esters is 1. The molecule has 0 aliphatic heterocycles. The molecule has 2 aromatic rings. The molecular formula is C14H12ClNO3. The quantitative estimate of drug-likeness (QED) is 0.689. The third kappa shape index (κ3) is 2.98. The van der Waals surface area contributed by atoms with Crippen molar-refractivity contribution in [1.82, 2.24) is 0 Å². The van der Waals surface area contributed by atoms with Crippen molar-refractivity contribution in [2.45, 2.75) is 0 Å². The number of para-hydroxylation sites is 1. The molecule has 0 atom stereocenters. The second kappa shape index (κ2) is 5.63. The zero-order chi connectivity index (χ0) is 13.8. The Labute approximate surface area is 115 Å². The predicted molar refractivity (Wildman–Crippen MR) is 73.7 cm³/mol. The normalized spacial score (nSPS) is 10.0. The maximum Gasteiger partial charge on any atom is 0.341 e. The first kappa shape index (κ1) is 13.2. The van der Waals surface area contributed by atoms with E-state index in [0.717, 1.165) is 0 Å². The Morgan fingerprint density at radius 3 is 2.47 bits per heavy atom. The number of nitrogens with two attached hydrogens (primary N) is 1. The highest BCUT2D eigenvalue weighted by molar-refractivity contribution is 6.30. The third-order valence-corrected chi connectivity index (χ3v) is 2.74. The fourth-order valence-corrected chi connectivity index (χ4v) is 1.69. The minimum absolute atomic E-state index is 0.275. The average molecular weight is 278 g/mol. The van der Waals surface area contributed by atoms with Crippen LogP contribution in [0.15, 0.2) is 42.5 Å². The highest BCUT2D eigenvalue weighted by atomic mass is 35.5. The first-order valence-electron chi connectivity index (χ1n) is 5.52. The number of ether oxygens (including phenoxy) is 2. The SMILES string of the molecule is COC(=O)c1cccc(N)c1Oc1ccc(Cl)cc1. The number of hydrogen-bond donors (Lipinski definition) is 1. The van der Waals surface area contributed by atoms with Gasteiger partial charge in [0, 0.05) is 5.02 Å². The lowest BCUT2D eigenvalue weighted by Crippen LogP contribution is -2.05. The van der Waals surface area contributed by atoms with Gasteiger partial charge in [-0.3, -0.25) is 0 Å². The maximum atomic E-state index is 11.7. The van der Waals surface area contributed by atoms with Crippen molar-refractivity contribution < 1.29 is 14.3 Å². The van der Waals surface area contributed by atoms with Crippen LogP contribution in [-0.4, -0.2) is 13.1 Å². The molecule has 0 unspecified atom stereocenters. The molecule has 0 aliphatic carbocycles. The van der Waals surface area contributed by atoms with Crippen molar-refractivity contribution >= 4 is 23.3 Å². The van der Waals surface area contributed by atoms with Crippen LogP contribution in [0, 0.1) is 0 Å². The topological polar surface area (TPSA) is 61.5 Å². The van der Waals surface area contributed by atoms with Gasteiger partial charge >= 0.3 is 5.97 Å². The van der Waals surface area contributed by atoms with E-state index in [0.29, 0.717) is 16.5 Å². The zero-order valence-electron chi connectivity index (χ0n) is 10.2. The summed E-state index contributed by atoms with van der Waals surface area (Å²) in [4.78, 5) is 11.7. The molecule has 2 N–H and O–H groups in total. The fraction of sp³-hybridized carbons (Fsp3) is 0.0714. The smallest absolute Gasteiger partial charge is 0.341 e. The molecular weight excluding hydrogens is 266 g/mol. The van der Waals surface area contributed by atoms with E-state index in [1.54, 1.807) is 42.5 Å². The van der Waals surface area contributed by atoms with Crippen LogP contribution in [-0.2, 0) is 4.74 Å². The Morgan fingerprint density at radius 2 is 1.84 bits per heavy atom. The van der Waals surface area contributed by atoms with Crippen LogP contribution in [0.2, 0.25) is 5.02 Å². The highest BCUT2D eigenvalue weighted by Gasteiger charge is 2.16. The summed E-state index contributed by atoms with van der Waals surface area (Å²) in [6, 6.07) is 11.7. The van der Waals surface area contributed by atoms with Crippen LogP contribution in [0.1, 0.15) is 10.4 Å². The maximum absolute atomic E-state index is 11.7. The van der Waals surface area contributed by atoms with Crippen LogP contribution >= 0.6 is 11.6 Å². The van der Waals surface area contributed by atoms with Gasteiger partial charge in [0.05, 0.1) is 12.8 Å². The van der Waals surface area contributed by atoms with Gasteiger partial charge in [-0.2, -0.15) is 0 Å². The fourth-order valence-electron chi connectivity index (χ4n) is 1.56. The molecule has 0 fully saturated rings. The van der Waals surface area contributed by atoms with E-state index in [2.05, 4.69) is 0 Å². The number of benzene rings is 2. The molecule has 19 heavy (non-hydrogen) atoms. The lowest BCUT2D eigenvalue weighted by atomic mass is 10.1. The van der Waals surface area contributed by atoms with E-state index >= 15 is 0 Å². The second-order valence-corrected chi connectivity index (χ2v) is 4.21. The molecule has 0 heterocycles. The zero-order valence-corrected chi connectivity index (χ0v) is 11.0. The number of anilines is 1. The summed E-state index contributed by atoms with van der Waals surface area (Å²) in [7, 11) is 1.30. The van der Waals surface area contributed by atoms with Gasteiger partial charge < -0.3 is 15.2 Å². The first-order chi connectivity index (χ1) is 9.11. The van der Waals surface area contributed by atoms with Crippen molar-refractivity contribution in [1.29, 1.82) is 0 Å². The van der Waals surface area contributed by atoms with Gasteiger partial charge in [0.15, 0.2) is 5.75 Å². The largest absolute Gasteiger partial charge is 0.465 e. The van der Waals surface area contributed by atoms with Crippen molar-refractivity contribution in [3.05, 3.63) is 53.1 Å². The summed E-state index contributed by atoms with van der Waals surface area (Å²) in [5.74, 6) is 0.306. The molecule has 0 saturated carbocycles. The van der Waals surface area contributed by atoms with Crippen molar-refractivity contribution in [3.63, 3.8) is 0 Å². The molecule has 2 aromatic carbocycles. The Bertz CT molecular complexity index is 596. The summed E-state index contributed by atoms with van der Waals surface area (Å²) in [5.41, 5.74) is 6.47. The molecule has 0 aliphatic rings. The average Bonchev–Trinajstić information content (AvgIpc) is 2.42. The summed E-state index contributed by atoms with van der Waals surface area (Å²) in [6.45, 7) is 0. The standard InChI is InChI=1S/C14H12ClNO3/c1-18-14(17)11-3-2-4-12(16)13(11)19-10-7-5-9(15)6-8-10/h2-8H,16H2,1H3. The number of carbonyl (C=O) groups excluding carboxylic acids is 1. The van der Waals surface area contributed by atoms with Gasteiger partial charge in [-0.25, -0.2) is 4.79 Å². The van der Waals surface area contributed by atoms with Gasteiger partial charge in [0.2, 0.25) is 0 Å². The minimum Gasteiger partial charge on any atom is -0.465 e. The summed E-state index contributed by atoms with van der Waals surface area (Å²) < 4.78 is 10.3. The predicted octanol–water partition coefficient (Wildman–Crippen LogP) is 3.50. The molecule has 0 aromatic heterocycles. The van der Waals surface area contributed by atoms with Crippen molar-refractivity contribution in [2.24, 2.45) is 0 Å². The highest BCUT2D eigenvalue weighted by Crippen LogP contribution is 2.32. The number of rotatable bonds is 3. The number of nitrogen functional groups attached to an aromatic ring is 1. The van der Waals surface area contributed by atoms with E-state index in [9.17, 15) is 4.79 Å². The number of halogens is 1. The molecule has 5 heteroatoms. The molecule has 0 saturated heterocycles. The number of hydrogen-bond acceptors (Lipinski definition) is 4. The van der Waals surface area contributed by atoms with E-state index in [1.165, 1.54) is 7.11 Å². The van der Waals surface area contributed by atoms with Gasteiger partial charge in [-0.15, -0.1) is 0 Å². The number of methoxy groups -OCH3 is 1. The summed E-state index contributed by atoms with van der Waals surface area (Å²) >= 11 is 5.80. The monoisotopic (exact) mass is 277 g/mol. The number of carbonyl (C=O) groups is 1. The Kier molecular flexibility index (Phi) is 3.92. The van der Waals surface area contributed by atoms with Gasteiger partial charge in [-0.05, 0) is 36.4 Å². The van der Waals surface area contributed by atoms with E-state index in [4.69, 9.17) is 26.8 Å². The minimum atomic E-state index is -0.503. The summed E-state index contributed by atoms with van der Waals surface area (Å²) in [5, 5.41) is 0.599. The summed E-state index contributed by atoms with van der Waals surface area (Å²) in [6.07, 6.45) is 0. The molecule has 98 valence electrons. The molecule has 4 nitrogen and oxygen atoms in total. The molecule has 2 rings (SSSR count). The van der Waals surface area contributed by atoms with Crippen LogP contribution in [0.3, 0.4) is 0 Å². The third-order valence-electron chi connectivity index (χ3n) is 2.48. The van der Waals surface area contributed by atoms with Gasteiger partial charge in [0.1, 0.15) is 11.3 Å². The van der Waals surface area contributed by atoms with Gasteiger partial charge in [-0.1, -0.05) is 17.7 Å². The van der Waals surface area contributed by atoms with Crippen LogP contribution in [0.25, 0.3) is 0 Å². The van der Waals surface area contributed by atoms with Crippen molar-refractivity contribution in [3.8, 4) is 11.5 Å².